The first-order valence-corrected chi connectivity index (χ1v) is 7.16. The van der Waals surface area contributed by atoms with Crippen molar-refractivity contribution in [3.63, 3.8) is 0 Å². The Morgan fingerprint density at radius 2 is 2.05 bits per heavy atom. The van der Waals surface area contributed by atoms with Gasteiger partial charge in [-0.3, -0.25) is 10.1 Å². The van der Waals surface area contributed by atoms with Crippen LogP contribution in [0.1, 0.15) is 32.3 Å². The molecule has 1 aliphatic carbocycles. The zero-order valence-corrected chi connectivity index (χ0v) is 12.1. The summed E-state index contributed by atoms with van der Waals surface area (Å²) in [6, 6.07) is 6.76. The minimum absolute atomic E-state index is 0.149. The fourth-order valence-electron chi connectivity index (χ4n) is 3.00. The van der Waals surface area contributed by atoms with Gasteiger partial charge in [-0.2, -0.15) is 0 Å². The lowest BCUT2D eigenvalue weighted by atomic mass is 9.84. The van der Waals surface area contributed by atoms with E-state index >= 15 is 0 Å². The van der Waals surface area contributed by atoms with Crippen molar-refractivity contribution < 1.29 is 4.92 Å². The lowest BCUT2D eigenvalue weighted by Crippen LogP contribution is -2.25. The minimum atomic E-state index is -0.365. The predicted molar refractivity (Wildman–Crippen MR) is 80.4 cm³/mol. The molecule has 1 aromatic carbocycles. The summed E-state index contributed by atoms with van der Waals surface area (Å²) in [6.45, 7) is 6.25. The van der Waals surface area contributed by atoms with E-state index in [2.05, 4.69) is 25.2 Å². The van der Waals surface area contributed by atoms with Crippen LogP contribution in [0, 0.1) is 22.0 Å². The largest absolute Gasteiger partial charge is 0.312 e. The van der Waals surface area contributed by atoms with Crippen molar-refractivity contribution >= 4 is 5.69 Å². The topological polar surface area (TPSA) is 55.2 Å². The molecule has 2 atom stereocenters. The molecule has 0 aromatic heterocycles. The van der Waals surface area contributed by atoms with Gasteiger partial charge < -0.3 is 5.32 Å². The molecule has 1 aliphatic rings. The molecular weight excluding hydrogens is 252 g/mol. The fourth-order valence-corrected chi connectivity index (χ4v) is 3.00. The molecule has 4 heteroatoms. The van der Waals surface area contributed by atoms with Crippen LogP contribution in [-0.4, -0.2) is 11.5 Å². The van der Waals surface area contributed by atoms with Crippen LogP contribution in [0.2, 0.25) is 0 Å². The summed E-state index contributed by atoms with van der Waals surface area (Å²) in [6.07, 6.45) is 4.79. The smallest absolute Gasteiger partial charge is 0.269 e. The first-order valence-electron chi connectivity index (χ1n) is 7.16. The Kier molecular flexibility index (Phi) is 4.90. The molecule has 1 N–H and O–H groups in total. The molecule has 0 bridgehead atoms. The van der Waals surface area contributed by atoms with Gasteiger partial charge in [0, 0.05) is 18.7 Å². The van der Waals surface area contributed by atoms with Gasteiger partial charge >= 0.3 is 0 Å². The average molecular weight is 274 g/mol. The van der Waals surface area contributed by atoms with Crippen LogP contribution in [-0.2, 0) is 6.54 Å². The predicted octanol–water partition coefficient (Wildman–Crippen LogP) is 3.68. The lowest BCUT2D eigenvalue weighted by molar-refractivity contribution is -0.384. The molecule has 0 fully saturated rings. The van der Waals surface area contributed by atoms with Crippen LogP contribution < -0.4 is 5.32 Å². The van der Waals surface area contributed by atoms with E-state index < -0.39 is 0 Å². The van der Waals surface area contributed by atoms with E-state index in [4.69, 9.17) is 0 Å². The number of nitro benzene ring substituents is 1. The Balaban J connectivity index is 1.78. The van der Waals surface area contributed by atoms with E-state index in [-0.39, 0.29) is 10.6 Å². The van der Waals surface area contributed by atoms with Gasteiger partial charge in [-0.05, 0) is 43.7 Å². The number of nitrogens with one attached hydrogen (secondary N) is 1. The van der Waals surface area contributed by atoms with Crippen molar-refractivity contribution in [3.8, 4) is 0 Å². The number of hydrogen-bond donors (Lipinski definition) is 1. The van der Waals surface area contributed by atoms with Gasteiger partial charge in [-0.1, -0.05) is 30.7 Å². The fraction of sp³-hybridized carbons (Fsp3) is 0.500. The van der Waals surface area contributed by atoms with E-state index in [9.17, 15) is 10.1 Å². The maximum Gasteiger partial charge on any atom is 0.269 e. The van der Waals surface area contributed by atoms with Gasteiger partial charge in [-0.15, -0.1) is 0 Å². The molecule has 2 rings (SSSR count). The number of rotatable bonds is 5. The van der Waals surface area contributed by atoms with Gasteiger partial charge in [0.15, 0.2) is 0 Å². The van der Waals surface area contributed by atoms with Crippen molar-refractivity contribution in [2.75, 3.05) is 6.54 Å². The molecule has 20 heavy (non-hydrogen) atoms. The highest BCUT2D eigenvalue weighted by Gasteiger charge is 2.17. The maximum atomic E-state index is 10.6. The number of non-ortho nitro benzene ring substituents is 1. The Labute approximate surface area is 120 Å². The normalized spacial score (nSPS) is 22.4. The Bertz CT molecular complexity index is 494. The molecule has 108 valence electrons. The molecule has 0 aliphatic heterocycles. The monoisotopic (exact) mass is 274 g/mol. The molecule has 0 heterocycles. The summed E-state index contributed by atoms with van der Waals surface area (Å²) in [5, 5.41) is 14.0. The molecular formula is C16H22N2O2. The van der Waals surface area contributed by atoms with E-state index in [0.717, 1.165) is 18.7 Å². The van der Waals surface area contributed by atoms with E-state index in [1.54, 1.807) is 12.1 Å². The number of hydrogen-bond acceptors (Lipinski definition) is 3. The quantitative estimate of drug-likeness (QED) is 0.506. The molecule has 0 radical (unpaired) electrons. The van der Waals surface area contributed by atoms with Crippen LogP contribution in [0.3, 0.4) is 0 Å². The Morgan fingerprint density at radius 3 is 2.65 bits per heavy atom. The molecule has 4 nitrogen and oxygen atoms in total. The maximum absolute atomic E-state index is 10.6. The lowest BCUT2D eigenvalue weighted by Gasteiger charge is -2.25. The molecule has 0 saturated heterocycles. The number of nitrogens with zero attached hydrogens (tertiary/aromatic N) is 1. The summed E-state index contributed by atoms with van der Waals surface area (Å²) >= 11 is 0. The highest BCUT2D eigenvalue weighted by molar-refractivity contribution is 5.32. The zero-order valence-electron chi connectivity index (χ0n) is 12.1. The van der Waals surface area contributed by atoms with Gasteiger partial charge in [0.05, 0.1) is 4.92 Å². The van der Waals surface area contributed by atoms with Crippen LogP contribution >= 0.6 is 0 Å². The SMILES string of the molecule is CC1=CC(C)CC(CNCc2ccc([N+](=O)[O-])cc2)C1. The highest BCUT2D eigenvalue weighted by Crippen LogP contribution is 2.27. The van der Waals surface area contributed by atoms with Crippen molar-refractivity contribution in [1.82, 2.24) is 5.32 Å². The van der Waals surface area contributed by atoms with E-state index in [1.165, 1.54) is 18.4 Å². The molecule has 0 amide bonds. The summed E-state index contributed by atoms with van der Waals surface area (Å²) in [7, 11) is 0. The van der Waals surface area contributed by atoms with Crippen molar-refractivity contribution in [2.24, 2.45) is 11.8 Å². The van der Waals surface area contributed by atoms with Crippen LogP contribution in [0.25, 0.3) is 0 Å². The number of benzene rings is 1. The summed E-state index contributed by atoms with van der Waals surface area (Å²) in [5.41, 5.74) is 2.73. The van der Waals surface area contributed by atoms with Gasteiger partial charge in [0.2, 0.25) is 0 Å². The molecule has 0 saturated carbocycles. The number of nitro groups is 1. The summed E-state index contributed by atoms with van der Waals surface area (Å²) in [4.78, 5) is 10.2. The number of allylic oxidation sites excluding steroid dienone is 2. The molecule has 1 aromatic rings. The second-order valence-corrected chi connectivity index (χ2v) is 5.85. The third-order valence-corrected chi connectivity index (χ3v) is 3.79. The summed E-state index contributed by atoms with van der Waals surface area (Å²) < 4.78 is 0. The molecule has 0 spiro atoms. The second kappa shape index (κ2) is 6.66. The zero-order chi connectivity index (χ0) is 14.5. The van der Waals surface area contributed by atoms with Crippen LogP contribution in [0.15, 0.2) is 35.9 Å². The van der Waals surface area contributed by atoms with Crippen molar-refractivity contribution in [2.45, 2.75) is 33.2 Å². The van der Waals surface area contributed by atoms with Gasteiger partial charge in [0.25, 0.3) is 5.69 Å². The third kappa shape index (κ3) is 4.17. The first-order chi connectivity index (χ1) is 9.54. The van der Waals surface area contributed by atoms with Crippen LogP contribution in [0.4, 0.5) is 5.69 Å². The first kappa shape index (κ1) is 14.7. The van der Waals surface area contributed by atoms with Gasteiger partial charge in [-0.25, -0.2) is 0 Å². The van der Waals surface area contributed by atoms with Gasteiger partial charge in [0.1, 0.15) is 0 Å². The summed E-state index contributed by atoms with van der Waals surface area (Å²) in [5.74, 6) is 1.38. The third-order valence-electron chi connectivity index (χ3n) is 3.79. The van der Waals surface area contributed by atoms with E-state index in [1.807, 2.05) is 12.1 Å². The Morgan fingerprint density at radius 1 is 1.35 bits per heavy atom. The second-order valence-electron chi connectivity index (χ2n) is 5.85. The Hall–Kier alpha value is -1.68. The van der Waals surface area contributed by atoms with Crippen molar-refractivity contribution in [1.29, 1.82) is 0 Å². The standard InChI is InChI=1S/C16H22N2O2/c1-12-7-13(2)9-15(8-12)11-17-10-14-3-5-16(6-4-14)18(19)20/h3-7,12,15,17H,8-11H2,1-2H3. The highest BCUT2D eigenvalue weighted by atomic mass is 16.6. The average Bonchev–Trinajstić information content (AvgIpc) is 2.38. The molecule has 2 unspecified atom stereocenters. The minimum Gasteiger partial charge on any atom is -0.312 e. The van der Waals surface area contributed by atoms with Crippen molar-refractivity contribution in [3.05, 3.63) is 51.6 Å². The van der Waals surface area contributed by atoms with Crippen LogP contribution in [0.5, 0.6) is 0 Å². The van der Waals surface area contributed by atoms with E-state index in [0.29, 0.717) is 11.8 Å².